The van der Waals surface area contributed by atoms with Gasteiger partial charge in [-0.05, 0) is 30.5 Å². The molecule has 1 saturated heterocycles. The van der Waals surface area contributed by atoms with E-state index < -0.39 is 10.0 Å². The molecule has 3 N–H and O–H groups in total. The Balaban J connectivity index is 1.92. The lowest BCUT2D eigenvalue weighted by Gasteiger charge is -2.24. The van der Waals surface area contributed by atoms with E-state index in [1.54, 1.807) is 6.07 Å². The van der Waals surface area contributed by atoms with Gasteiger partial charge in [0.1, 0.15) is 0 Å². The Morgan fingerprint density at radius 2 is 2.24 bits per heavy atom. The summed E-state index contributed by atoms with van der Waals surface area (Å²) in [6.07, 6.45) is 0.812. The van der Waals surface area contributed by atoms with Crippen molar-refractivity contribution in [1.29, 1.82) is 0 Å². The van der Waals surface area contributed by atoms with Gasteiger partial charge in [0.25, 0.3) is 0 Å². The molecule has 0 saturated carbocycles. The third-order valence-corrected chi connectivity index (χ3v) is 6.99. The van der Waals surface area contributed by atoms with Gasteiger partial charge < -0.3 is 10.8 Å². The minimum atomic E-state index is -3.31. The number of rotatable bonds is 6. The molecule has 1 aliphatic heterocycles. The number of aliphatic hydroxyl groups is 1. The normalized spacial score (nSPS) is 23.5. The number of benzene rings is 1. The van der Waals surface area contributed by atoms with Crippen LogP contribution in [-0.4, -0.2) is 48.5 Å². The number of hydrogen-bond acceptors (Lipinski definition) is 5. The van der Waals surface area contributed by atoms with Gasteiger partial charge in [0.2, 0.25) is 10.0 Å². The van der Waals surface area contributed by atoms with Gasteiger partial charge in [0.15, 0.2) is 0 Å². The SMILES string of the molecule is CC1CCN(S(=O)(=O)CCSc2cccc(N)c2)C1CO. The highest BCUT2D eigenvalue weighted by atomic mass is 32.2. The van der Waals surface area contributed by atoms with E-state index in [9.17, 15) is 13.5 Å². The predicted octanol–water partition coefficient (Wildman–Crippen LogP) is 1.39. The molecule has 1 aromatic carbocycles. The molecule has 0 aliphatic carbocycles. The number of nitrogens with zero attached hydrogens (tertiary/aromatic N) is 1. The Morgan fingerprint density at radius 1 is 1.48 bits per heavy atom. The highest BCUT2D eigenvalue weighted by Gasteiger charge is 2.37. The van der Waals surface area contributed by atoms with Crippen LogP contribution in [-0.2, 0) is 10.0 Å². The smallest absolute Gasteiger partial charge is 0.215 e. The average Bonchev–Trinajstić information content (AvgIpc) is 2.80. The van der Waals surface area contributed by atoms with Gasteiger partial charge in [0, 0.05) is 22.9 Å². The van der Waals surface area contributed by atoms with Gasteiger partial charge in [-0.15, -0.1) is 11.8 Å². The topological polar surface area (TPSA) is 83.6 Å². The van der Waals surface area contributed by atoms with Crippen molar-refractivity contribution in [2.75, 3.05) is 30.4 Å². The summed E-state index contributed by atoms with van der Waals surface area (Å²) in [4.78, 5) is 0.971. The standard InChI is InChI=1S/C14H22N2O3S2/c1-11-5-6-16(14(11)10-17)21(18,19)8-7-20-13-4-2-3-12(15)9-13/h2-4,9,11,14,17H,5-8,10,15H2,1H3. The summed E-state index contributed by atoms with van der Waals surface area (Å²) in [6.45, 7) is 2.39. The summed E-state index contributed by atoms with van der Waals surface area (Å²) < 4.78 is 26.2. The lowest BCUT2D eigenvalue weighted by Crippen LogP contribution is -2.41. The Labute approximate surface area is 130 Å². The Kier molecular flexibility index (Phi) is 5.54. The monoisotopic (exact) mass is 330 g/mol. The zero-order chi connectivity index (χ0) is 15.5. The molecule has 2 rings (SSSR count). The maximum absolute atomic E-state index is 12.4. The summed E-state index contributed by atoms with van der Waals surface area (Å²) in [5, 5.41) is 9.38. The van der Waals surface area contributed by atoms with E-state index in [1.807, 2.05) is 25.1 Å². The first-order valence-corrected chi connectivity index (χ1v) is 9.62. The molecule has 1 aromatic rings. The van der Waals surface area contributed by atoms with Gasteiger partial charge in [0.05, 0.1) is 18.4 Å². The summed E-state index contributed by atoms with van der Waals surface area (Å²) >= 11 is 1.48. The van der Waals surface area contributed by atoms with Crippen LogP contribution in [0.25, 0.3) is 0 Å². The summed E-state index contributed by atoms with van der Waals surface area (Å²) in [6, 6.07) is 7.15. The fraction of sp³-hybridized carbons (Fsp3) is 0.571. The Bertz CT molecular complexity index is 577. The van der Waals surface area contributed by atoms with E-state index >= 15 is 0 Å². The first-order valence-electron chi connectivity index (χ1n) is 7.03. The molecule has 0 spiro atoms. The molecule has 1 aliphatic rings. The summed E-state index contributed by atoms with van der Waals surface area (Å²) in [5.74, 6) is 0.774. The van der Waals surface area contributed by atoms with Crippen molar-refractivity contribution in [3.63, 3.8) is 0 Å². The van der Waals surface area contributed by atoms with Crippen LogP contribution in [0.2, 0.25) is 0 Å². The molecule has 5 nitrogen and oxygen atoms in total. The van der Waals surface area contributed by atoms with Crippen LogP contribution in [0.15, 0.2) is 29.2 Å². The van der Waals surface area contributed by atoms with E-state index in [1.165, 1.54) is 16.1 Å². The van der Waals surface area contributed by atoms with Crippen molar-refractivity contribution in [2.45, 2.75) is 24.3 Å². The highest BCUT2D eigenvalue weighted by Crippen LogP contribution is 2.27. The Morgan fingerprint density at radius 3 is 2.90 bits per heavy atom. The second-order valence-electron chi connectivity index (χ2n) is 5.36. The van der Waals surface area contributed by atoms with Crippen molar-refractivity contribution in [1.82, 2.24) is 4.31 Å². The maximum atomic E-state index is 12.4. The molecule has 7 heteroatoms. The van der Waals surface area contributed by atoms with Crippen LogP contribution >= 0.6 is 11.8 Å². The molecule has 0 bridgehead atoms. The van der Waals surface area contributed by atoms with Crippen LogP contribution in [0, 0.1) is 5.92 Å². The zero-order valence-electron chi connectivity index (χ0n) is 12.1. The number of anilines is 1. The van der Waals surface area contributed by atoms with Gasteiger partial charge in [-0.1, -0.05) is 13.0 Å². The van der Waals surface area contributed by atoms with E-state index in [2.05, 4.69) is 0 Å². The molecule has 0 aromatic heterocycles. The second kappa shape index (κ2) is 7.00. The van der Waals surface area contributed by atoms with Crippen LogP contribution in [0.1, 0.15) is 13.3 Å². The van der Waals surface area contributed by atoms with E-state index in [-0.39, 0.29) is 24.3 Å². The lowest BCUT2D eigenvalue weighted by atomic mass is 10.0. The van der Waals surface area contributed by atoms with Crippen LogP contribution in [0.3, 0.4) is 0 Å². The maximum Gasteiger partial charge on any atom is 0.215 e. The molecular formula is C14H22N2O3S2. The van der Waals surface area contributed by atoms with E-state index in [0.29, 0.717) is 18.0 Å². The first kappa shape index (κ1) is 16.6. The van der Waals surface area contributed by atoms with Crippen molar-refractivity contribution in [2.24, 2.45) is 5.92 Å². The third-order valence-electron chi connectivity index (χ3n) is 3.84. The van der Waals surface area contributed by atoms with Crippen molar-refractivity contribution in [3.8, 4) is 0 Å². The van der Waals surface area contributed by atoms with Crippen molar-refractivity contribution >= 4 is 27.5 Å². The average molecular weight is 330 g/mol. The van der Waals surface area contributed by atoms with Crippen molar-refractivity contribution in [3.05, 3.63) is 24.3 Å². The Hall–Kier alpha value is -0.760. The summed E-state index contributed by atoms with van der Waals surface area (Å²) in [5.41, 5.74) is 6.38. The van der Waals surface area contributed by atoms with Gasteiger partial charge in [-0.25, -0.2) is 8.42 Å². The van der Waals surface area contributed by atoms with E-state index in [4.69, 9.17) is 5.73 Å². The predicted molar refractivity (Wildman–Crippen MR) is 86.7 cm³/mol. The number of aliphatic hydroxyl groups excluding tert-OH is 1. The van der Waals surface area contributed by atoms with Gasteiger partial charge >= 0.3 is 0 Å². The number of hydrogen-bond donors (Lipinski definition) is 2. The minimum Gasteiger partial charge on any atom is -0.399 e. The highest BCUT2D eigenvalue weighted by molar-refractivity contribution is 8.00. The quantitative estimate of drug-likeness (QED) is 0.608. The van der Waals surface area contributed by atoms with Gasteiger partial charge in [-0.3, -0.25) is 0 Å². The van der Waals surface area contributed by atoms with Crippen LogP contribution < -0.4 is 5.73 Å². The molecule has 0 amide bonds. The second-order valence-corrected chi connectivity index (χ2v) is 8.57. The molecule has 0 radical (unpaired) electrons. The zero-order valence-corrected chi connectivity index (χ0v) is 13.7. The fourth-order valence-electron chi connectivity index (χ4n) is 2.58. The molecule has 21 heavy (non-hydrogen) atoms. The number of nitrogen functional groups attached to an aromatic ring is 1. The molecule has 2 atom stereocenters. The minimum absolute atomic E-state index is 0.0791. The van der Waals surface area contributed by atoms with E-state index in [0.717, 1.165) is 11.3 Å². The third kappa shape index (κ3) is 4.12. The molecule has 1 heterocycles. The molecule has 1 fully saturated rings. The summed E-state index contributed by atoms with van der Waals surface area (Å²) in [7, 11) is -3.31. The van der Waals surface area contributed by atoms with Gasteiger partial charge in [-0.2, -0.15) is 4.31 Å². The fourth-order valence-corrected chi connectivity index (χ4v) is 5.69. The van der Waals surface area contributed by atoms with Crippen LogP contribution in [0.4, 0.5) is 5.69 Å². The largest absolute Gasteiger partial charge is 0.399 e. The molecule has 118 valence electrons. The molecule has 2 unspecified atom stereocenters. The number of nitrogens with two attached hydrogens (primary N) is 1. The van der Waals surface area contributed by atoms with Crippen molar-refractivity contribution < 1.29 is 13.5 Å². The molecular weight excluding hydrogens is 308 g/mol. The number of thioether (sulfide) groups is 1. The van der Waals surface area contributed by atoms with Crippen LogP contribution in [0.5, 0.6) is 0 Å². The lowest BCUT2D eigenvalue weighted by molar-refractivity contribution is 0.191. The number of sulfonamides is 1. The first-order chi connectivity index (χ1) is 9.94.